The first-order chi connectivity index (χ1) is 8.10. The number of nitrogens with zero attached hydrogens (tertiary/aromatic N) is 2. The Morgan fingerprint density at radius 2 is 2.12 bits per heavy atom. The van der Waals surface area contributed by atoms with Gasteiger partial charge in [-0.15, -0.1) is 10.2 Å². The van der Waals surface area contributed by atoms with Gasteiger partial charge in [-0.3, -0.25) is 0 Å². The topological polar surface area (TPSA) is 25.8 Å². The summed E-state index contributed by atoms with van der Waals surface area (Å²) >= 11 is 5.03. The van der Waals surface area contributed by atoms with Crippen LogP contribution in [-0.4, -0.2) is 10.2 Å². The molecule has 1 aromatic carbocycles. The summed E-state index contributed by atoms with van der Waals surface area (Å²) in [5.41, 5.74) is 1.68. The second-order valence-corrected chi connectivity index (χ2v) is 5.95. The Hall–Kier alpha value is -0.810. The molecule has 2 rings (SSSR count). The van der Waals surface area contributed by atoms with Crippen LogP contribution in [0, 0.1) is 12.7 Å². The van der Waals surface area contributed by atoms with Crippen molar-refractivity contribution < 1.29 is 4.39 Å². The molecule has 1 atom stereocenters. The molecule has 0 aliphatic heterocycles. The van der Waals surface area contributed by atoms with Crippen LogP contribution in [0.5, 0.6) is 0 Å². The lowest BCUT2D eigenvalue weighted by molar-refractivity contribution is 0.627. The summed E-state index contributed by atoms with van der Waals surface area (Å²) in [5, 5.41) is 9.93. The third kappa shape index (κ3) is 2.90. The normalized spacial score (nSPS) is 12.7. The fourth-order valence-electron chi connectivity index (χ4n) is 1.51. The van der Waals surface area contributed by atoms with Crippen LogP contribution in [0.25, 0.3) is 10.6 Å². The smallest absolute Gasteiger partial charge is 0.147 e. The van der Waals surface area contributed by atoms with Crippen LogP contribution in [0.2, 0.25) is 0 Å². The van der Waals surface area contributed by atoms with E-state index in [4.69, 9.17) is 0 Å². The summed E-state index contributed by atoms with van der Waals surface area (Å²) in [7, 11) is 0. The highest BCUT2D eigenvalue weighted by atomic mass is 79.9. The fourth-order valence-corrected chi connectivity index (χ4v) is 2.78. The Morgan fingerprint density at radius 3 is 2.76 bits per heavy atom. The predicted octanol–water partition coefficient (Wildman–Crippen LogP) is 4.50. The summed E-state index contributed by atoms with van der Waals surface area (Å²) in [6.07, 6.45) is 0.955. The highest BCUT2D eigenvalue weighted by Crippen LogP contribution is 2.32. The number of halogens is 2. The second kappa shape index (κ2) is 5.23. The third-order valence-corrected chi connectivity index (χ3v) is 4.83. The summed E-state index contributed by atoms with van der Waals surface area (Å²) in [4.78, 5) is 0.225. The van der Waals surface area contributed by atoms with Gasteiger partial charge in [-0.05, 0) is 37.1 Å². The van der Waals surface area contributed by atoms with Crippen molar-refractivity contribution in [2.45, 2.75) is 25.1 Å². The molecule has 0 saturated heterocycles. The molecule has 0 fully saturated rings. The van der Waals surface area contributed by atoms with Crippen molar-refractivity contribution in [1.29, 1.82) is 0 Å². The van der Waals surface area contributed by atoms with Crippen molar-refractivity contribution in [2.24, 2.45) is 0 Å². The number of alkyl halides is 1. The molecule has 0 aliphatic carbocycles. The van der Waals surface area contributed by atoms with Gasteiger partial charge in [0.25, 0.3) is 0 Å². The first kappa shape index (κ1) is 12.6. The average Bonchev–Trinajstić information content (AvgIpc) is 2.76. The molecular weight excluding hydrogens is 303 g/mol. The van der Waals surface area contributed by atoms with Gasteiger partial charge in [-0.2, -0.15) is 0 Å². The summed E-state index contributed by atoms with van der Waals surface area (Å²) in [6.45, 7) is 3.95. The molecule has 2 nitrogen and oxygen atoms in total. The van der Waals surface area contributed by atoms with E-state index in [0.29, 0.717) is 0 Å². The van der Waals surface area contributed by atoms with Crippen molar-refractivity contribution in [2.75, 3.05) is 0 Å². The maximum absolute atomic E-state index is 13.3. The van der Waals surface area contributed by atoms with Gasteiger partial charge in [0.1, 0.15) is 15.8 Å². The maximum atomic E-state index is 13.3. The Bertz CT molecular complexity index is 507. The van der Waals surface area contributed by atoms with Gasteiger partial charge >= 0.3 is 0 Å². The first-order valence-corrected chi connectivity index (χ1v) is 7.08. The molecular formula is C12H12BrFN2S. The van der Waals surface area contributed by atoms with E-state index in [9.17, 15) is 4.39 Å². The van der Waals surface area contributed by atoms with Crippen LogP contribution in [0.4, 0.5) is 4.39 Å². The van der Waals surface area contributed by atoms with Gasteiger partial charge in [-0.25, -0.2) is 4.39 Å². The predicted molar refractivity (Wildman–Crippen MR) is 72.0 cm³/mol. The second-order valence-electron chi connectivity index (χ2n) is 3.84. The Kier molecular flexibility index (Phi) is 3.89. The number of aryl methyl sites for hydroxylation is 1. The lowest BCUT2D eigenvalue weighted by Crippen LogP contribution is -1.85. The van der Waals surface area contributed by atoms with Crippen LogP contribution in [-0.2, 0) is 0 Å². The molecule has 2 aromatic rings. The quantitative estimate of drug-likeness (QED) is 0.780. The lowest BCUT2D eigenvalue weighted by atomic mass is 10.1. The van der Waals surface area contributed by atoms with Crippen LogP contribution in [0.1, 0.15) is 28.7 Å². The van der Waals surface area contributed by atoms with Gasteiger partial charge in [0.15, 0.2) is 0 Å². The minimum atomic E-state index is -0.234. The first-order valence-electron chi connectivity index (χ1n) is 5.35. The van der Waals surface area contributed by atoms with Crippen LogP contribution in [0.3, 0.4) is 0 Å². The van der Waals surface area contributed by atoms with E-state index in [2.05, 4.69) is 33.1 Å². The van der Waals surface area contributed by atoms with Gasteiger partial charge in [-0.1, -0.05) is 34.2 Å². The minimum Gasteiger partial charge on any atom is -0.207 e. The van der Waals surface area contributed by atoms with Gasteiger partial charge < -0.3 is 0 Å². The Morgan fingerprint density at radius 1 is 1.35 bits per heavy atom. The molecule has 0 amide bonds. The minimum absolute atomic E-state index is 0.225. The van der Waals surface area contributed by atoms with E-state index in [-0.39, 0.29) is 10.6 Å². The molecule has 5 heteroatoms. The monoisotopic (exact) mass is 314 g/mol. The molecule has 1 unspecified atom stereocenters. The number of rotatable bonds is 3. The number of benzene rings is 1. The van der Waals surface area contributed by atoms with Gasteiger partial charge in [0.2, 0.25) is 0 Å². The van der Waals surface area contributed by atoms with E-state index < -0.39 is 0 Å². The van der Waals surface area contributed by atoms with Crippen LogP contribution < -0.4 is 0 Å². The lowest BCUT2D eigenvalue weighted by Gasteiger charge is -1.99. The largest absolute Gasteiger partial charge is 0.207 e. The van der Waals surface area contributed by atoms with Crippen molar-refractivity contribution in [3.63, 3.8) is 0 Å². The van der Waals surface area contributed by atoms with E-state index in [1.165, 1.54) is 23.5 Å². The summed E-state index contributed by atoms with van der Waals surface area (Å²) in [5.74, 6) is -0.234. The molecule has 0 aliphatic rings. The van der Waals surface area contributed by atoms with Crippen molar-refractivity contribution >= 4 is 27.3 Å². The zero-order chi connectivity index (χ0) is 12.4. The zero-order valence-corrected chi connectivity index (χ0v) is 12.0. The fraction of sp³-hybridized carbons (Fsp3) is 0.333. The van der Waals surface area contributed by atoms with E-state index in [1.807, 2.05) is 13.0 Å². The standard InChI is InChI=1S/C12H12BrFN2S/c1-3-10(13)12-16-15-11(17-12)8-4-7(2)5-9(14)6-8/h4-6,10H,3H2,1-2H3. The highest BCUT2D eigenvalue weighted by Gasteiger charge is 2.13. The molecule has 0 N–H and O–H groups in total. The Labute approximate surface area is 112 Å². The number of aromatic nitrogens is 2. The van der Waals surface area contributed by atoms with Gasteiger partial charge in [0, 0.05) is 5.56 Å². The maximum Gasteiger partial charge on any atom is 0.147 e. The Balaban J connectivity index is 2.36. The van der Waals surface area contributed by atoms with Crippen LogP contribution in [0.15, 0.2) is 18.2 Å². The van der Waals surface area contributed by atoms with E-state index >= 15 is 0 Å². The molecule has 17 heavy (non-hydrogen) atoms. The van der Waals surface area contributed by atoms with Crippen molar-refractivity contribution in [3.05, 3.63) is 34.6 Å². The van der Waals surface area contributed by atoms with Crippen molar-refractivity contribution in [3.8, 4) is 10.6 Å². The highest BCUT2D eigenvalue weighted by molar-refractivity contribution is 9.09. The SMILES string of the molecule is CCC(Br)c1nnc(-c2cc(C)cc(F)c2)s1. The molecule has 0 radical (unpaired) electrons. The third-order valence-electron chi connectivity index (χ3n) is 2.36. The van der Waals surface area contributed by atoms with Crippen molar-refractivity contribution in [1.82, 2.24) is 10.2 Å². The molecule has 90 valence electrons. The van der Waals surface area contributed by atoms with Crippen LogP contribution >= 0.6 is 27.3 Å². The molecule has 0 saturated carbocycles. The molecule has 0 bridgehead atoms. The number of hydrogen-bond donors (Lipinski definition) is 0. The van der Waals surface area contributed by atoms with Gasteiger partial charge in [0.05, 0.1) is 4.83 Å². The van der Waals surface area contributed by atoms with E-state index in [1.54, 1.807) is 0 Å². The molecule has 1 heterocycles. The molecule has 1 aromatic heterocycles. The van der Waals surface area contributed by atoms with E-state index in [0.717, 1.165) is 27.6 Å². The average molecular weight is 315 g/mol. The number of hydrogen-bond acceptors (Lipinski definition) is 3. The molecule has 0 spiro atoms. The summed E-state index contributed by atoms with van der Waals surface area (Å²) < 4.78 is 13.3. The summed E-state index contributed by atoms with van der Waals surface area (Å²) in [6, 6.07) is 4.92. The zero-order valence-electron chi connectivity index (χ0n) is 9.58.